The maximum Gasteiger partial charge on any atom is 0.338 e. The van der Waals surface area contributed by atoms with Crippen LogP contribution in [0.1, 0.15) is 5.56 Å². The van der Waals surface area contributed by atoms with Crippen molar-refractivity contribution >= 4 is 15.1 Å². The van der Waals surface area contributed by atoms with E-state index < -0.39 is 15.1 Å². The molecule has 0 saturated heterocycles. The molecule has 0 aliphatic heterocycles. The number of sulfone groups is 1. The molecule has 0 atom stereocenters. The molecule has 1 aromatic rings. The van der Waals surface area contributed by atoms with Gasteiger partial charge in [-0.1, -0.05) is 12.1 Å². The van der Waals surface area contributed by atoms with E-state index in [4.69, 9.17) is 11.0 Å². The molecule has 0 aliphatic carbocycles. The molecule has 1 amide bonds. The lowest BCUT2D eigenvalue weighted by atomic mass is 10.1. The number of hydrogen-bond donors (Lipinski definition) is 1. The molecule has 2 N–H and O–H groups in total. The summed E-state index contributed by atoms with van der Waals surface area (Å²) in [4.78, 5) is 10.5. The van der Waals surface area contributed by atoms with Crippen LogP contribution in [0.3, 0.4) is 0 Å². The molecule has 1 aromatic carbocycles. The van der Waals surface area contributed by atoms with Gasteiger partial charge in [0.25, 0.3) is 9.84 Å². The zero-order chi connectivity index (χ0) is 12.2. The Morgan fingerprint density at radius 2 is 1.94 bits per heavy atom. The van der Waals surface area contributed by atoms with Gasteiger partial charge in [-0.05, 0) is 24.1 Å². The van der Waals surface area contributed by atoms with Gasteiger partial charge in [-0.3, -0.25) is 4.79 Å². The Balaban J connectivity index is 2.97. The number of nitrogens with two attached hydrogens (primary N) is 1. The van der Waals surface area contributed by atoms with Crippen molar-refractivity contribution in [2.24, 2.45) is 5.73 Å². The summed E-state index contributed by atoms with van der Waals surface area (Å²) in [7, 11) is -4.05. The van der Waals surface area contributed by atoms with Gasteiger partial charge in [0.2, 0.25) is 0 Å². The molecule has 0 aromatic heterocycles. The smallest absolute Gasteiger partial charge is 0.338 e. The molecule has 6 heteroatoms. The molecular formula is C10H9N2O3S. The van der Waals surface area contributed by atoms with E-state index in [0.29, 0.717) is 6.42 Å². The Bertz CT molecular complexity index is 526. The lowest BCUT2D eigenvalue weighted by Gasteiger charge is -2.01. The first-order valence-electron chi connectivity index (χ1n) is 4.33. The molecule has 0 aliphatic rings. The molecule has 0 saturated carbocycles. The standard InChI is InChI=1S/C10H9N2O3S/c11-7-1-2-8-3-5-9(6-4-8)16(14,15)10(12)13/h1,3-6H,2H2,(H2,12,13). The number of hydrogen-bond acceptors (Lipinski definition) is 4. The van der Waals surface area contributed by atoms with Gasteiger partial charge in [0.15, 0.2) is 0 Å². The number of primary amides is 1. The van der Waals surface area contributed by atoms with Crippen molar-refractivity contribution < 1.29 is 13.2 Å². The summed E-state index contributed by atoms with van der Waals surface area (Å²) in [6, 6.07) is 7.51. The largest absolute Gasteiger partial charge is 0.356 e. The van der Waals surface area contributed by atoms with E-state index in [1.165, 1.54) is 30.7 Å². The van der Waals surface area contributed by atoms with Crippen molar-refractivity contribution in [3.63, 3.8) is 0 Å². The van der Waals surface area contributed by atoms with E-state index in [2.05, 4.69) is 0 Å². The lowest BCUT2D eigenvalue weighted by Crippen LogP contribution is -2.21. The highest BCUT2D eigenvalue weighted by atomic mass is 32.2. The molecule has 16 heavy (non-hydrogen) atoms. The van der Waals surface area contributed by atoms with Crippen LogP contribution in [0, 0.1) is 17.8 Å². The molecule has 0 bridgehead atoms. The number of amides is 1. The van der Waals surface area contributed by atoms with Crippen LogP contribution in [0.4, 0.5) is 4.79 Å². The van der Waals surface area contributed by atoms with E-state index in [-0.39, 0.29) is 4.90 Å². The quantitative estimate of drug-likeness (QED) is 0.840. The third-order valence-corrected chi connectivity index (χ3v) is 3.35. The van der Waals surface area contributed by atoms with Crippen LogP contribution in [-0.2, 0) is 16.3 Å². The fraction of sp³-hybridized carbons (Fsp3) is 0.100. The minimum absolute atomic E-state index is 0.138. The number of nitriles is 1. The summed E-state index contributed by atoms with van der Waals surface area (Å²) in [6.07, 6.45) is 1.81. The summed E-state index contributed by atoms with van der Waals surface area (Å²) in [5.74, 6) is 0. The number of carbonyl (C=O) groups is 1. The van der Waals surface area contributed by atoms with Gasteiger partial charge in [-0.15, -0.1) is 0 Å². The number of nitrogens with zero attached hydrogens (tertiary/aromatic N) is 1. The van der Waals surface area contributed by atoms with Gasteiger partial charge < -0.3 is 5.73 Å². The monoisotopic (exact) mass is 237 g/mol. The maximum absolute atomic E-state index is 11.3. The zero-order valence-electron chi connectivity index (χ0n) is 8.25. The third-order valence-electron chi connectivity index (χ3n) is 1.93. The SMILES string of the molecule is N#C[CH]Cc1ccc(S(=O)(=O)C(N)=O)cc1. The van der Waals surface area contributed by atoms with E-state index in [0.717, 1.165) is 5.56 Å². The highest BCUT2D eigenvalue weighted by Crippen LogP contribution is 2.13. The highest BCUT2D eigenvalue weighted by molar-refractivity contribution is 8.06. The molecule has 5 nitrogen and oxygen atoms in total. The molecule has 0 spiro atoms. The fourth-order valence-electron chi connectivity index (χ4n) is 1.08. The second kappa shape index (κ2) is 4.77. The average Bonchev–Trinajstić information content (AvgIpc) is 2.26. The molecule has 1 rings (SSSR count). The predicted molar refractivity (Wildman–Crippen MR) is 56.8 cm³/mol. The van der Waals surface area contributed by atoms with E-state index >= 15 is 0 Å². The van der Waals surface area contributed by atoms with Gasteiger partial charge >= 0.3 is 5.24 Å². The lowest BCUT2D eigenvalue weighted by molar-refractivity contribution is 0.265. The molecule has 1 radical (unpaired) electrons. The summed E-state index contributed by atoms with van der Waals surface area (Å²) in [6.45, 7) is 0. The first-order chi connectivity index (χ1) is 7.48. The minimum atomic E-state index is -4.05. The van der Waals surface area contributed by atoms with Gasteiger partial charge in [0, 0.05) is 0 Å². The van der Waals surface area contributed by atoms with Crippen LogP contribution in [0.25, 0.3) is 0 Å². The van der Waals surface area contributed by atoms with Crippen molar-refractivity contribution in [2.75, 3.05) is 0 Å². The van der Waals surface area contributed by atoms with E-state index in [9.17, 15) is 13.2 Å². The van der Waals surface area contributed by atoms with E-state index in [1.807, 2.05) is 6.07 Å². The second-order valence-electron chi connectivity index (χ2n) is 3.00. The van der Waals surface area contributed by atoms with Gasteiger partial charge in [-0.2, -0.15) is 5.26 Å². The van der Waals surface area contributed by atoms with E-state index in [1.54, 1.807) is 0 Å². The van der Waals surface area contributed by atoms with Crippen LogP contribution in [0.5, 0.6) is 0 Å². The molecule has 0 fully saturated rings. The van der Waals surface area contributed by atoms with Crippen LogP contribution in [0.2, 0.25) is 0 Å². The number of carbonyl (C=O) groups excluding carboxylic acids is 1. The maximum atomic E-state index is 11.3. The summed E-state index contributed by atoms with van der Waals surface area (Å²) >= 11 is 0. The van der Waals surface area contributed by atoms with Crippen LogP contribution < -0.4 is 5.73 Å². The topological polar surface area (TPSA) is 101 Å². The Kier molecular flexibility index (Phi) is 3.64. The Morgan fingerprint density at radius 3 is 2.38 bits per heavy atom. The Hall–Kier alpha value is -1.87. The van der Waals surface area contributed by atoms with Gasteiger partial charge in [0.05, 0.1) is 17.4 Å². The first kappa shape index (κ1) is 12.2. The summed E-state index contributed by atoms with van der Waals surface area (Å²) in [5.41, 5.74) is 5.53. The van der Waals surface area contributed by atoms with Crippen LogP contribution >= 0.6 is 0 Å². The molecule has 0 unspecified atom stereocenters. The normalized spacial score (nSPS) is 10.7. The number of benzene rings is 1. The van der Waals surface area contributed by atoms with Crippen molar-refractivity contribution in [3.8, 4) is 6.07 Å². The van der Waals surface area contributed by atoms with Crippen molar-refractivity contribution in [1.82, 2.24) is 0 Å². The predicted octanol–water partition coefficient (Wildman–Crippen LogP) is 0.809. The van der Waals surface area contributed by atoms with Crippen LogP contribution in [-0.4, -0.2) is 13.7 Å². The van der Waals surface area contributed by atoms with Gasteiger partial charge in [-0.25, -0.2) is 8.42 Å². The molecular weight excluding hydrogens is 228 g/mol. The third kappa shape index (κ3) is 2.58. The summed E-state index contributed by atoms with van der Waals surface area (Å²) in [5, 5.41) is 6.95. The highest BCUT2D eigenvalue weighted by Gasteiger charge is 2.20. The average molecular weight is 237 g/mol. The molecule has 0 heterocycles. The number of rotatable bonds is 3. The van der Waals surface area contributed by atoms with Crippen molar-refractivity contribution in [1.29, 1.82) is 5.26 Å². The summed E-state index contributed by atoms with van der Waals surface area (Å²) < 4.78 is 22.6. The van der Waals surface area contributed by atoms with Crippen molar-refractivity contribution in [3.05, 3.63) is 36.2 Å². The second-order valence-corrected chi connectivity index (χ2v) is 4.88. The van der Waals surface area contributed by atoms with Crippen LogP contribution in [0.15, 0.2) is 29.2 Å². The minimum Gasteiger partial charge on any atom is -0.356 e. The molecule has 83 valence electrons. The van der Waals surface area contributed by atoms with Crippen molar-refractivity contribution in [2.45, 2.75) is 11.3 Å². The Morgan fingerprint density at radius 1 is 1.38 bits per heavy atom. The van der Waals surface area contributed by atoms with Gasteiger partial charge in [0.1, 0.15) is 0 Å². The fourth-order valence-corrected chi connectivity index (χ4v) is 1.81. The zero-order valence-corrected chi connectivity index (χ0v) is 9.07. The Labute approximate surface area is 93.4 Å². The first-order valence-corrected chi connectivity index (χ1v) is 5.81.